The van der Waals surface area contributed by atoms with Crippen molar-refractivity contribution in [2.45, 2.75) is 46.1 Å². The van der Waals surface area contributed by atoms with E-state index in [1.54, 1.807) is 0 Å². The van der Waals surface area contributed by atoms with Crippen molar-refractivity contribution in [1.82, 2.24) is 10.2 Å². The van der Waals surface area contributed by atoms with Gasteiger partial charge in [-0.3, -0.25) is 4.79 Å². The molecule has 0 bridgehead atoms. The molecule has 1 aliphatic heterocycles. The molecule has 2 unspecified atom stereocenters. The Morgan fingerprint density at radius 3 is 2.52 bits per heavy atom. The minimum atomic E-state index is 0.186. The fraction of sp³-hybridized carbons (Fsp3) is 0.611. The molecule has 1 fully saturated rings. The van der Waals surface area contributed by atoms with Gasteiger partial charge in [-0.05, 0) is 43.0 Å². The maximum absolute atomic E-state index is 12.6. The van der Waals surface area contributed by atoms with Gasteiger partial charge in [-0.25, -0.2) is 0 Å². The van der Waals surface area contributed by atoms with Crippen molar-refractivity contribution < 1.29 is 4.79 Å². The second-order valence-electron chi connectivity index (χ2n) is 5.92. The summed E-state index contributed by atoms with van der Waals surface area (Å²) < 4.78 is 0. The zero-order valence-electron chi connectivity index (χ0n) is 13.6. The van der Waals surface area contributed by atoms with Gasteiger partial charge in [0.2, 0.25) is 0 Å². The van der Waals surface area contributed by atoms with Gasteiger partial charge in [-0.2, -0.15) is 0 Å². The number of benzene rings is 1. The van der Waals surface area contributed by atoms with Gasteiger partial charge in [0.15, 0.2) is 0 Å². The number of amides is 1. The molecule has 3 heteroatoms. The molecule has 1 N–H and O–H groups in total. The van der Waals surface area contributed by atoms with Crippen molar-refractivity contribution in [1.29, 1.82) is 0 Å². The Kier molecular flexibility index (Phi) is 5.80. The Morgan fingerprint density at radius 1 is 1.24 bits per heavy atom. The number of hydrogen-bond donors (Lipinski definition) is 1. The van der Waals surface area contributed by atoms with E-state index in [9.17, 15) is 4.79 Å². The number of aryl methyl sites for hydroxylation is 1. The van der Waals surface area contributed by atoms with Crippen LogP contribution in [0.3, 0.4) is 0 Å². The van der Waals surface area contributed by atoms with Crippen LogP contribution < -0.4 is 5.32 Å². The monoisotopic (exact) mass is 288 g/mol. The van der Waals surface area contributed by atoms with Gasteiger partial charge < -0.3 is 10.2 Å². The number of nitrogens with one attached hydrogen (secondary N) is 1. The fourth-order valence-corrected chi connectivity index (χ4v) is 3.23. The van der Waals surface area contributed by atoms with Crippen molar-refractivity contribution in [3.63, 3.8) is 0 Å². The number of piperidine rings is 1. The number of hydrogen-bond acceptors (Lipinski definition) is 2. The third-order valence-corrected chi connectivity index (χ3v) is 4.62. The lowest BCUT2D eigenvalue weighted by Gasteiger charge is -2.38. The van der Waals surface area contributed by atoms with E-state index in [0.717, 1.165) is 44.5 Å². The standard InChI is InChI=1S/C18H28N2O/c1-4-14-7-9-16(10-8-14)18(21)20-12-11-17(19-6-3)15(5-2)13-20/h7-10,15,17,19H,4-6,11-13H2,1-3H3. The normalized spacial score (nSPS) is 22.3. The van der Waals surface area contributed by atoms with E-state index in [1.165, 1.54) is 5.56 Å². The summed E-state index contributed by atoms with van der Waals surface area (Å²) >= 11 is 0. The molecule has 0 aromatic heterocycles. The van der Waals surface area contributed by atoms with Crippen molar-refractivity contribution >= 4 is 5.91 Å². The van der Waals surface area contributed by atoms with Gasteiger partial charge in [0.25, 0.3) is 5.91 Å². The predicted octanol–water partition coefficient (Wildman–Crippen LogP) is 3.10. The predicted molar refractivity (Wildman–Crippen MR) is 87.6 cm³/mol. The van der Waals surface area contributed by atoms with Gasteiger partial charge in [-0.15, -0.1) is 0 Å². The van der Waals surface area contributed by atoms with E-state index in [1.807, 2.05) is 17.0 Å². The molecule has 1 aromatic rings. The lowest BCUT2D eigenvalue weighted by Crippen LogP contribution is -2.50. The molecule has 0 aliphatic carbocycles. The van der Waals surface area contributed by atoms with E-state index in [4.69, 9.17) is 0 Å². The molecular weight excluding hydrogens is 260 g/mol. The zero-order chi connectivity index (χ0) is 15.2. The summed E-state index contributed by atoms with van der Waals surface area (Å²) in [5, 5.41) is 3.56. The van der Waals surface area contributed by atoms with E-state index < -0.39 is 0 Å². The van der Waals surface area contributed by atoms with Gasteiger partial charge in [0.05, 0.1) is 0 Å². The van der Waals surface area contributed by atoms with Crippen LogP contribution in [0.4, 0.5) is 0 Å². The van der Waals surface area contributed by atoms with Crippen LogP contribution in [0.2, 0.25) is 0 Å². The molecule has 0 saturated carbocycles. The number of likely N-dealkylation sites (tertiary alicyclic amines) is 1. The number of carbonyl (C=O) groups excluding carboxylic acids is 1. The Bertz CT molecular complexity index is 455. The van der Waals surface area contributed by atoms with Crippen molar-refractivity contribution in [3.8, 4) is 0 Å². The summed E-state index contributed by atoms with van der Waals surface area (Å²) in [6.45, 7) is 9.26. The summed E-state index contributed by atoms with van der Waals surface area (Å²) in [7, 11) is 0. The first-order valence-electron chi connectivity index (χ1n) is 8.31. The van der Waals surface area contributed by atoms with Crippen LogP contribution in [-0.4, -0.2) is 36.5 Å². The third-order valence-electron chi connectivity index (χ3n) is 4.62. The minimum Gasteiger partial charge on any atom is -0.338 e. The second kappa shape index (κ2) is 7.60. The maximum atomic E-state index is 12.6. The summed E-state index contributed by atoms with van der Waals surface area (Å²) in [5.74, 6) is 0.753. The minimum absolute atomic E-state index is 0.186. The maximum Gasteiger partial charge on any atom is 0.253 e. The molecule has 0 radical (unpaired) electrons. The summed E-state index contributed by atoms with van der Waals surface area (Å²) in [5.41, 5.74) is 2.10. The van der Waals surface area contributed by atoms with E-state index in [0.29, 0.717) is 12.0 Å². The fourth-order valence-electron chi connectivity index (χ4n) is 3.23. The Labute approximate surface area is 128 Å². The molecule has 21 heavy (non-hydrogen) atoms. The van der Waals surface area contributed by atoms with Gasteiger partial charge >= 0.3 is 0 Å². The number of carbonyl (C=O) groups is 1. The molecule has 1 aromatic carbocycles. The van der Waals surface area contributed by atoms with Crippen LogP contribution in [0.15, 0.2) is 24.3 Å². The quantitative estimate of drug-likeness (QED) is 0.903. The topological polar surface area (TPSA) is 32.3 Å². The average Bonchev–Trinajstić information content (AvgIpc) is 2.55. The van der Waals surface area contributed by atoms with E-state index in [-0.39, 0.29) is 5.91 Å². The SMILES string of the molecule is CCNC1CCN(C(=O)c2ccc(CC)cc2)CC1CC. The summed E-state index contributed by atoms with van der Waals surface area (Å²) in [6.07, 6.45) is 3.20. The van der Waals surface area contributed by atoms with Crippen molar-refractivity contribution in [2.24, 2.45) is 5.92 Å². The van der Waals surface area contributed by atoms with Gasteiger partial charge in [-0.1, -0.05) is 39.3 Å². The summed E-state index contributed by atoms with van der Waals surface area (Å²) in [6, 6.07) is 8.63. The van der Waals surface area contributed by atoms with E-state index in [2.05, 4.69) is 38.2 Å². The van der Waals surface area contributed by atoms with Crippen LogP contribution >= 0.6 is 0 Å². The molecule has 2 rings (SSSR count). The van der Waals surface area contributed by atoms with Crippen LogP contribution in [0, 0.1) is 5.92 Å². The average molecular weight is 288 g/mol. The highest BCUT2D eigenvalue weighted by molar-refractivity contribution is 5.94. The van der Waals surface area contributed by atoms with Gasteiger partial charge in [0.1, 0.15) is 0 Å². The van der Waals surface area contributed by atoms with Crippen LogP contribution in [-0.2, 0) is 6.42 Å². The molecule has 3 nitrogen and oxygen atoms in total. The number of nitrogens with zero attached hydrogens (tertiary/aromatic N) is 1. The highest BCUT2D eigenvalue weighted by Crippen LogP contribution is 2.22. The van der Waals surface area contributed by atoms with E-state index >= 15 is 0 Å². The Balaban J connectivity index is 2.02. The number of rotatable bonds is 5. The molecule has 1 heterocycles. The zero-order valence-corrected chi connectivity index (χ0v) is 13.6. The molecular formula is C18H28N2O. The highest BCUT2D eigenvalue weighted by Gasteiger charge is 2.30. The molecule has 1 amide bonds. The van der Waals surface area contributed by atoms with Crippen molar-refractivity contribution in [2.75, 3.05) is 19.6 Å². The first-order chi connectivity index (χ1) is 10.2. The third kappa shape index (κ3) is 3.85. The van der Waals surface area contributed by atoms with Crippen LogP contribution in [0.1, 0.15) is 49.5 Å². The highest BCUT2D eigenvalue weighted by atomic mass is 16.2. The summed E-state index contributed by atoms with van der Waals surface area (Å²) in [4.78, 5) is 14.7. The van der Waals surface area contributed by atoms with Crippen molar-refractivity contribution in [3.05, 3.63) is 35.4 Å². The van der Waals surface area contributed by atoms with Crippen LogP contribution in [0.25, 0.3) is 0 Å². The Hall–Kier alpha value is -1.35. The smallest absolute Gasteiger partial charge is 0.253 e. The second-order valence-corrected chi connectivity index (χ2v) is 5.92. The largest absolute Gasteiger partial charge is 0.338 e. The Morgan fingerprint density at radius 2 is 1.95 bits per heavy atom. The lowest BCUT2D eigenvalue weighted by atomic mass is 9.89. The first kappa shape index (κ1) is 16.0. The molecule has 1 saturated heterocycles. The first-order valence-corrected chi connectivity index (χ1v) is 8.31. The lowest BCUT2D eigenvalue weighted by molar-refractivity contribution is 0.0628. The molecule has 1 aliphatic rings. The van der Waals surface area contributed by atoms with Gasteiger partial charge in [0, 0.05) is 24.7 Å². The van der Waals surface area contributed by atoms with Crippen LogP contribution in [0.5, 0.6) is 0 Å². The molecule has 2 atom stereocenters. The molecule has 0 spiro atoms. The molecule has 116 valence electrons.